The highest BCUT2D eigenvalue weighted by atomic mass is 16.5. The van der Waals surface area contributed by atoms with Crippen molar-refractivity contribution in [3.8, 4) is 23.8 Å². The van der Waals surface area contributed by atoms with Crippen molar-refractivity contribution in [1.29, 1.82) is 0 Å². The molecule has 0 unspecified atom stereocenters. The molecule has 0 radical (unpaired) electrons. The van der Waals surface area contributed by atoms with Crippen LogP contribution in [0.2, 0.25) is 0 Å². The Hall–Kier alpha value is -2.20. The maximum Gasteiger partial charge on any atom is 0.147 e. The fourth-order valence-corrected chi connectivity index (χ4v) is 31.3. The number of hydrogen-bond acceptors (Lipinski definition) is 1. The Balaban J connectivity index is 0.906. The number of ether oxygens (including phenoxy) is 1. The summed E-state index contributed by atoms with van der Waals surface area (Å²) in [7, 11) is 0. The first-order valence-corrected chi connectivity index (χ1v) is 34.1. The SMILES string of the molecule is C#Cc1c(Oc2cccc(C34CC5CC(CC(C5)C3)C4)c2C23CC4CC(CC(C4)C2)C3)c(C23CC4CC(CC(C4)C2)C3)c(C23CC4CC(CC(C4)C2)C3)c(C23CC4CC(CC(C4)C2)C3)c1C12CC3CC(CC(C3)C1)C2. The van der Waals surface area contributed by atoms with E-state index in [0.29, 0.717) is 16.2 Å². The van der Waals surface area contributed by atoms with Crippen LogP contribution < -0.4 is 4.74 Å². The molecule has 396 valence electrons. The van der Waals surface area contributed by atoms with E-state index < -0.39 is 0 Å². The maximum atomic E-state index is 8.98. The molecular weight excluding hydrogens is 905 g/mol. The van der Waals surface area contributed by atoms with Gasteiger partial charge in [0.2, 0.25) is 0 Å². The van der Waals surface area contributed by atoms with Crippen molar-refractivity contribution in [1.82, 2.24) is 0 Å². The molecule has 0 spiro atoms. The van der Waals surface area contributed by atoms with Crippen LogP contribution in [0.4, 0.5) is 0 Å². The minimum atomic E-state index is 0.212. The zero-order chi connectivity index (χ0) is 48.6. The van der Waals surface area contributed by atoms with Crippen molar-refractivity contribution in [3.05, 3.63) is 57.1 Å². The van der Waals surface area contributed by atoms with E-state index >= 15 is 0 Å². The second kappa shape index (κ2) is 14.8. The Labute approximate surface area is 453 Å². The molecule has 0 aliphatic heterocycles. The number of terminal acetylenes is 1. The van der Waals surface area contributed by atoms with Crippen molar-refractivity contribution in [3.63, 3.8) is 0 Å². The highest BCUT2D eigenvalue weighted by Crippen LogP contribution is 2.75. The van der Waals surface area contributed by atoms with Crippen molar-refractivity contribution in [2.24, 2.45) is 107 Å². The second-order valence-electron chi connectivity index (χ2n) is 35.3. The summed E-state index contributed by atoms with van der Waals surface area (Å²) in [6, 6.07) is 8.02. The summed E-state index contributed by atoms with van der Waals surface area (Å²) in [6.45, 7) is 0. The Kier molecular flexibility index (Phi) is 8.80. The molecule has 24 saturated carbocycles. The third kappa shape index (κ3) is 6.08. The van der Waals surface area contributed by atoms with E-state index in [1.54, 1.807) is 0 Å². The average molecular weight is 1000 g/mol. The first kappa shape index (κ1) is 44.5. The standard InChI is InChI=1S/C74H94O/c1-2-60-63(70-27-45-9-46(28-70)11-47(10-45)29-70)65(72-33-51-15-52(34-72)17-53(16-51)35-72)66(73-36-54-18-55(37-73)20-56(19-54)38-73)67(74-39-57-21-58(40-74)23-59(22-57)41-74)68(60)75-62-5-3-4-61(69-24-42-6-43(25-69)8-44(7-42)26-69)64(62)71-30-48-12-49(31-71)14-50(13-48)32-71/h1,3-5,42-59H,6-41H2. The molecule has 24 bridgehead atoms. The number of hydrogen-bond donors (Lipinski definition) is 0. The van der Waals surface area contributed by atoms with E-state index in [1.165, 1.54) is 248 Å². The normalized spacial score (nSPS) is 55.5. The molecule has 0 saturated heterocycles. The maximum absolute atomic E-state index is 8.98. The molecule has 1 nitrogen and oxygen atoms in total. The molecular formula is C74H94O. The predicted molar refractivity (Wildman–Crippen MR) is 300 cm³/mol. The summed E-state index contributed by atoms with van der Waals surface area (Å²) in [5.74, 6) is 23.4. The Morgan fingerprint density at radius 2 is 0.533 bits per heavy atom. The molecule has 1 heteroatoms. The van der Waals surface area contributed by atoms with Gasteiger partial charge in [-0.2, -0.15) is 0 Å². The zero-order valence-corrected chi connectivity index (χ0v) is 46.6. The summed E-state index contributed by atoms with van der Waals surface area (Å²) < 4.78 is 8.98. The van der Waals surface area contributed by atoms with Gasteiger partial charge in [0.15, 0.2) is 0 Å². The molecule has 2 aromatic carbocycles. The predicted octanol–water partition coefficient (Wildman–Crippen LogP) is 18.3. The van der Waals surface area contributed by atoms with E-state index in [1.807, 2.05) is 22.3 Å². The third-order valence-electron chi connectivity index (χ3n) is 30.3. The van der Waals surface area contributed by atoms with Crippen LogP contribution in [0.1, 0.15) is 270 Å². The van der Waals surface area contributed by atoms with Gasteiger partial charge in [0.1, 0.15) is 11.5 Å². The first-order valence-electron chi connectivity index (χ1n) is 34.1. The minimum Gasteiger partial charge on any atom is -0.455 e. The van der Waals surface area contributed by atoms with E-state index in [9.17, 15) is 0 Å². The Bertz CT molecular complexity index is 2630. The van der Waals surface area contributed by atoms with Gasteiger partial charge in [-0.3, -0.25) is 0 Å². The molecule has 24 aliphatic carbocycles. The monoisotopic (exact) mass is 999 g/mol. The second-order valence-corrected chi connectivity index (χ2v) is 35.3. The van der Waals surface area contributed by atoms with Gasteiger partial charge >= 0.3 is 0 Å². The van der Waals surface area contributed by atoms with Gasteiger partial charge in [0.25, 0.3) is 0 Å². The lowest BCUT2D eigenvalue weighted by Crippen LogP contribution is -2.57. The highest BCUT2D eigenvalue weighted by molar-refractivity contribution is 5.71. The van der Waals surface area contributed by atoms with Gasteiger partial charge in [-0.1, -0.05) is 18.1 Å². The summed E-state index contributed by atoms with van der Waals surface area (Å²) in [5, 5.41) is 0. The topological polar surface area (TPSA) is 9.23 Å². The van der Waals surface area contributed by atoms with Crippen LogP contribution in [0.15, 0.2) is 18.2 Å². The van der Waals surface area contributed by atoms with Gasteiger partial charge in [0.05, 0.1) is 5.56 Å². The van der Waals surface area contributed by atoms with Crippen LogP contribution in [0.25, 0.3) is 0 Å². The molecule has 75 heavy (non-hydrogen) atoms. The minimum absolute atomic E-state index is 0.212. The van der Waals surface area contributed by atoms with Crippen LogP contribution in [0.5, 0.6) is 11.5 Å². The van der Waals surface area contributed by atoms with Crippen LogP contribution in [0.3, 0.4) is 0 Å². The molecule has 2 aromatic rings. The lowest BCUT2D eigenvalue weighted by molar-refractivity contribution is -0.0294. The van der Waals surface area contributed by atoms with Crippen LogP contribution in [-0.2, 0) is 32.5 Å². The van der Waals surface area contributed by atoms with E-state index in [0.717, 1.165) is 107 Å². The van der Waals surface area contributed by atoms with Crippen molar-refractivity contribution < 1.29 is 4.74 Å². The van der Waals surface area contributed by atoms with Gasteiger partial charge in [-0.05, 0) is 388 Å². The van der Waals surface area contributed by atoms with Crippen molar-refractivity contribution in [2.45, 2.75) is 264 Å². The quantitative estimate of drug-likeness (QED) is 0.240. The molecule has 0 aromatic heterocycles. The summed E-state index contributed by atoms with van der Waals surface area (Å²) in [6.07, 6.45) is 61.5. The molecule has 0 atom stereocenters. The Morgan fingerprint density at radius 1 is 0.293 bits per heavy atom. The van der Waals surface area contributed by atoms with Crippen molar-refractivity contribution >= 4 is 0 Å². The fourth-order valence-electron chi connectivity index (χ4n) is 31.3. The van der Waals surface area contributed by atoms with Gasteiger partial charge in [0, 0.05) is 22.0 Å². The van der Waals surface area contributed by atoms with Crippen molar-refractivity contribution in [2.75, 3.05) is 0 Å². The average Bonchev–Trinajstić information content (AvgIpc) is 3.43. The smallest absolute Gasteiger partial charge is 0.147 e. The number of benzene rings is 2. The number of rotatable bonds is 8. The summed E-state index contributed by atoms with van der Waals surface area (Å²) in [5.41, 5.74) is 14.6. The summed E-state index contributed by atoms with van der Waals surface area (Å²) in [4.78, 5) is 0. The van der Waals surface area contributed by atoms with E-state index in [4.69, 9.17) is 11.2 Å². The van der Waals surface area contributed by atoms with Gasteiger partial charge in [-0.25, -0.2) is 0 Å². The Morgan fingerprint density at radius 3 is 0.827 bits per heavy atom. The highest BCUT2D eigenvalue weighted by Gasteiger charge is 2.65. The third-order valence-corrected chi connectivity index (χ3v) is 30.3. The van der Waals surface area contributed by atoms with E-state index in [-0.39, 0.29) is 16.2 Å². The summed E-state index contributed by atoms with van der Waals surface area (Å²) >= 11 is 0. The lowest BCUT2D eigenvalue weighted by atomic mass is 9.39. The molecule has 24 aliphatic rings. The lowest BCUT2D eigenvalue weighted by Gasteiger charge is -2.65. The van der Waals surface area contributed by atoms with E-state index in [2.05, 4.69) is 35.2 Å². The van der Waals surface area contributed by atoms with Crippen LogP contribution in [0, 0.1) is 119 Å². The first-order chi connectivity index (χ1) is 36.6. The van der Waals surface area contributed by atoms with Crippen LogP contribution in [-0.4, -0.2) is 0 Å². The largest absolute Gasteiger partial charge is 0.455 e. The molecule has 0 amide bonds. The molecule has 24 fully saturated rings. The molecule has 26 rings (SSSR count). The van der Waals surface area contributed by atoms with Gasteiger partial charge in [-0.15, -0.1) is 6.42 Å². The zero-order valence-electron chi connectivity index (χ0n) is 46.6. The molecule has 0 N–H and O–H groups in total. The molecule has 0 heterocycles. The fraction of sp³-hybridized carbons (Fsp3) is 0.811. The van der Waals surface area contributed by atoms with Crippen LogP contribution >= 0.6 is 0 Å². The van der Waals surface area contributed by atoms with Gasteiger partial charge < -0.3 is 4.74 Å².